The van der Waals surface area contributed by atoms with Crippen LogP contribution < -0.4 is 0 Å². The molecule has 0 bridgehead atoms. The van der Waals surface area contributed by atoms with Gasteiger partial charge < -0.3 is 14.7 Å². The van der Waals surface area contributed by atoms with Crippen LogP contribution in [-0.4, -0.2) is 41.2 Å². The summed E-state index contributed by atoms with van der Waals surface area (Å²) in [5.74, 6) is 0.669. The summed E-state index contributed by atoms with van der Waals surface area (Å²) in [5.41, 5.74) is 1.98. The normalized spacial score (nSPS) is 33.9. The van der Waals surface area contributed by atoms with Crippen LogP contribution in [0.3, 0.4) is 0 Å². The molecule has 3 aliphatic rings. The summed E-state index contributed by atoms with van der Waals surface area (Å²) in [6.07, 6.45) is 3.48. The van der Waals surface area contributed by atoms with Gasteiger partial charge in [0.15, 0.2) is 0 Å². The molecule has 1 spiro atoms. The van der Waals surface area contributed by atoms with Crippen LogP contribution in [0.2, 0.25) is 0 Å². The maximum Gasteiger partial charge on any atom is 0.223 e. The van der Waals surface area contributed by atoms with Crippen molar-refractivity contribution in [1.29, 1.82) is 0 Å². The number of fused-ring (bicyclic) bond motifs is 2. The van der Waals surface area contributed by atoms with Gasteiger partial charge in [0.25, 0.3) is 0 Å². The van der Waals surface area contributed by atoms with E-state index >= 15 is 0 Å². The van der Waals surface area contributed by atoms with Crippen molar-refractivity contribution >= 4 is 5.91 Å². The minimum absolute atomic E-state index is 0.113. The van der Waals surface area contributed by atoms with Gasteiger partial charge in [0, 0.05) is 18.9 Å². The highest BCUT2D eigenvalue weighted by Gasteiger charge is 2.58. The van der Waals surface area contributed by atoms with Gasteiger partial charge in [-0.15, -0.1) is 0 Å². The Kier molecular flexibility index (Phi) is 2.67. The van der Waals surface area contributed by atoms with E-state index in [1.165, 1.54) is 5.56 Å². The summed E-state index contributed by atoms with van der Waals surface area (Å²) in [5, 5.41) is 10.8. The molecule has 3 atom stereocenters. The van der Waals surface area contributed by atoms with E-state index in [0.29, 0.717) is 18.7 Å². The number of ether oxygens (including phenoxy) is 1. The van der Waals surface area contributed by atoms with Crippen LogP contribution in [0.1, 0.15) is 29.9 Å². The Morgan fingerprint density at radius 3 is 2.95 bits per heavy atom. The monoisotopic (exact) mass is 285 g/mol. The number of benzene rings is 1. The third kappa shape index (κ3) is 1.57. The molecule has 0 unspecified atom stereocenters. The van der Waals surface area contributed by atoms with Crippen molar-refractivity contribution in [2.75, 3.05) is 13.7 Å². The van der Waals surface area contributed by atoms with Crippen molar-refractivity contribution in [2.24, 2.45) is 0 Å². The molecule has 110 valence electrons. The van der Waals surface area contributed by atoms with Gasteiger partial charge in [0.1, 0.15) is 11.9 Å². The molecule has 2 aliphatic heterocycles. The van der Waals surface area contributed by atoms with Crippen molar-refractivity contribution in [1.82, 2.24) is 4.90 Å². The zero-order chi connectivity index (χ0) is 14.6. The van der Waals surface area contributed by atoms with Crippen LogP contribution in [0.15, 0.2) is 36.1 Å². The van der Waals surface area contributed by atoms with Crippen molar-refractivity contribution in [2.45, 2.75) is 36.8 Å². The van der Waals surface area contributed by atoms with E-state index in [9.17, 15) is 9.90 Å². The molecule has 1 amide bonds. The first-order valence-electron chi connectivity index (χ1n) is 7.50. The molecule has 1 aromatic rings. The minimum atomic E-state index is -0.678. The van der Waals surface area contributed by atoms with E-state index in [-0.39, 0.29) is 11.8 Å². The number of nitrogens with zero attached hydrogens (tertiary/aromatic N) is 1. The predicted molar refractivity (Wildman–Crippen MR) is 77.7 cm³/mol. The maximum atomic E-state index is 12.3. The van der Waals surface area contributed by atoms with Gasteiger partial charge in [-0.3, -0.25) is 4.79 Å². The fraction of sp³-hybridized carbons (Fsp3) is 0.471. The molecule has 2 heterocycles. The lowest BCUT2D eigenvalue weighted by Crippen LogP contribution is -2.48. The molecule has 4 rings (SSSR count). The van der Waals surface area contributed by atoms with E-state index in [4.69, 9.17) is 4.74 Å². The fourth-order valence-corrected chi connectivity index (χ4v) is 4.39. The number of hydrogen-bond donors (Lipinski definition) is 1. The first-order valence-corrected chi connectivity index (χ1v) is 7.50. The third-order valence-electron chi connectivity index (χ3n) is 5.31. The molecule has 1 aliphatic carbocycles. The summed E-state index contributed by atoms with van der Waals surface area (Å²) < 4.78 is 5.38. The molecule has 0 aromatic heterocycles. The summed E-state index contributed by atoms with van der Waals surface area (Å²) in [6.45, 7) is 0.715. The number of rotatable bonds is 1. The first kappa shape index (κ1) is 12.9. The Bertz CT molecular complexity index is 639. The molecule has 0 saturated carbocycles. The highest BCUT2D eigenvalue weighted by Crippen LogP contribution is 2.53. The van der Waals surface area contributed by atoms with E-state index in [1.807, 2.05) is 23.1 Å². The van der Waals surface area contributed by atoms with Crippen LogP contribution in [0.25, 0.3) is 0 Å². The molecular formula is C17H19NO3. The Morgan fingerprint density at radius 2 is 2.14 bits per heavy atom. The Labute approximate surface area is 124 Å². The number of aliphatic hydroxyl groups is 1. The second-order valence-electron chi connectivity index (χ2n) is 6.16. The quantitative estimate of drug-likeness (QED) is 0.852. The van der Waals surface area contributed by atoms with Crippen LogP contribution in [0, 0.1) is 0 Å². The Balaban J connectivity index is 1.93. The lowest BCUT2D eigenvalue weighted by atomic mass is 9.78. The number of amides is 1. The van der Waals surface area contributed by atoms with E-state index in [1.54, 1.807) is 7.11 Å². The highest BCUT2D eigenvalue weighted by molar-refractivity contribution is 5.81. The molecule has 1 fully saturated rings. The molecular weight excluding hydrogens is 266 g/mol. The summed E-state index contributed by atoms with van der Waals surface area (Å²) in [4.78, 5) is 14.3. The van der Waals surface area contributed by atoms with Gasteiger partial charge in [-0.05, 0) is 30.0 Å². The van der Waals surface area contributed by atoms with Crippen molar-refractivity contribution in [3.63, 3.8) is 0 Å². The summed E-state index contributed by atoms with van der Waals surface area (Å²) >= 11 is 0. The lowest BCUT2D eigenvalue weighted by molar-refractivity contribution is -0.130. The molecule has 1 N–H and O–H groups in total. The lowest BCUT2D eigenvalue weighted by Gasteiger charge is -2.38. The van der Waals surface area contributed by atoms with Gasteiger partial charge >= 0.3 is 0 Å². The maximum absolute atomic E-state index is 12.3. The number of aliphatic hydroxyl groups excluding tert-OH is 1. The van der Waals surface area contributed by atoms with Crippen LogP contribution in [0.4, 0.5) is 0 Å². The van der Waals surface area contributed by atoms with Crippen LogP contribution >= 0.6 is 0 Å². The second-order valence-corrected chi connectivity index (χ2v) is 6.16. The SMILES string of the molecule is COC1=C[C@@]23CCC(=O)N2CCc2ccccc2[C@@H]3[C@@H]1O. The smallest absolute Gasteiger partial charge is 0.223 e. The Hall–Kier alpha value is -1.81. The van der Waals surface area contributed by atoms with Crippen molar-refractivity contribution < 1.29 is 14.6 Å². The molecule has 1 saturated heterocycles. The number of hydrogen-bond acceptors (Lipinski definition) is 3. The van der Waals surface area contributed by atoms with Crippen LogP contribution in [-0.2, 0) is 16.0 Å². The van der Waals surface area contributed by atoms with E-state index < -0.39 is 11.6 Å². The van der Waals surface area contributed by atoms with E-state index in [0.717, 1.165) is 18.4 Å². The topological polar surface area (TPSA) is 49.8 Å². The largest absolute Gasteiger partial charge is 0.499 e. The standard InChI is InChI=1S/C17H19NO3/c1-21-13-10-17-8-6-14(19)18(17)9-7-11-4-2-3-5-12(11)15(17)16(13)20/h2-5,10,15-16,20H,6-9H2,1H3/t15-,16-,17-/m1/s1. The van der Waals surface area contributed by atoms with Gasteiger partial charge in [-0.2, -0.15) is 0 Å². The second kappa shape index (κ2) is 4.34. The Morgan fingerprint density at radius 1 is 1.33 bits per heavy atom. The van der Waals surface area contributed by atoms with Gasteiger partial charge in [0.05, 0.1) is 12.6 Å². The zero-order valence-electron chi connectivity index (χ0n) is 12.1. The molecule has 4 heteroatoms. The summed E-state index contributed by atoms with van der Waals surface area (Å²) in [7, 11) is 1.59. The van der Waals surface area contributed by atoms with Crippen molar-refractivity contribution in [3.05, 3.63) is 47.2 Å². The number of carbonyl (C=O) groups is 1. The predicted octanol–water partition coefficient (Wildman–Crippen LogP) is 1.59. The highest BCUT2D eigenvalue weighted by atomic mass is 16.5. The van der Waals surface area contributed by atoms with Gasteiger partial charge in [0.2, 0.25) is 5.91 Å². The van der Waals surface area contributed by atoms with Gasteiger partial charge in [-0.1, -0.05) is 24.3 Å². The fourth-order valence-electron chi connectivity index (χ4n) is 4.39. The average Bonchev–Trinajstić information content (AvgIpc) is 2.90. The molecule has 4 nitrogen and oxygen atoms in total. The molecule has 21 heavy (non-hydrogen) atoms. The third-order valence-corrected chi connectivity index (χ3v) is 5.31. The summed E-state index contributed by atoms with van der Waals surface area (Å²) in [6, 6.07) is 8.23. The number of methoxy groups -OCH3 is 1. The van der Waals surface area contributed by atoms with E-state index in [2.05, 4.69) is 12.1 Å². The first-order chi connectivity index (χ1) is 10.2. The van der Waals surface area contributed by atoms with Gasteiger partial charge in [-0.25, -0.2) is 0 Å². The molecule has 1 aromatic carbocycles. The minimum Gasteiger partial charge on any atom is -0.499 e. The molecule has 0 radical (unpaired) electrons. The zero-order valence-corrected chi connectivity index (χ0v) is 12.1. The van der Waals surface area contributed by atoms with Crippen molar-refractivity contribution in [3.8, 4) is 0 Å². The average molecular weight is 285 g/mol. The number of carbonyl (C=O) groups excluding carboxylic acids is 1. The van der Waals surface area contributed by atoms with Crippen LogP contribution in [0.5, 0.6) is 0 Å².